The van der Waals surface area contributed by atoms with Crippen molar-refractivity contribution < 1.29 is 19.1 Å². The zero-order valence-electron chi connectivity index (χ0n) is 15.1. The molecule has 1 unspecified atom stereocenters. The van der Waals surface area contributed by atoms with Crippen LogP contribution in [0, 0.1) is 11.7 Å². The van der Waals surface area contributed by atoms with Crippen LogP contribution in [0.4, 0.5) is 9.18 Å². The molecule has 0 bridgehead atoms. The average molecular weight is 374 g/mol. The third-order valence-corrected chi connectivity index (χ3v) is 5.01. The monoisotopic (exact) mass is 374 g/mol. The van der Waals surface area contributed by atoms with Crippen molar-refractivity contribution in [2.24, 2.45) is 13.0 Å². The molecule has 1 aliphatic rings. The number of carboxylic acids is 1. The molecule has 3 N–H and O–H groups in total. The van der Waals surface area contributed by atoms with E-state index in [2.05, 4.69) is 15.6 Å². The number of benzene rings is 1. The standard InChI is InChI=1S/C19H23FN4O3/c1-24-11-10-21-17(24)16(12-2-6-14(20)7-3-12)23-19(27)22-15-8-4-13(5-9-15)18(25)26/h2-3,6-7,10-11,13,15-16H,4-5,8-9H2,1H3,(H,25,26)(H2,22,23,27). The van der Waals surface area contributed by atoms with E-state index in [1.807, 2.05) is 7.05 Å². The molecule has 1 fully saturated rings. The number of nitrogens with one attached hydrogen (secondary N) is 2. The van der Waals surface area contributed by atoms with Gasteiger partial charge in [-0.25, -0.2) is 14.2 Å². The molecule has 27 heavy (non-hydrogen) atoms. The maximum absolute atomic E-state index is 13.3. The quantitative estimate of drug-likeness (QED) is 0.749. The van der Waals surface area contributed by atoms with Crippen molar-refractivity contribution in [2.75, 3.05) is 0 Å². The van der Waals surface area contributed by atoms with Crippen LogP contribution < -0.4 is 10.6 Å². The largest absolute Gasteiger partial charge is 0.481 e. The lowest BCUT2D eigenvalue weighted by Crippen LogP contribution is -2.45. The van der Waals surface area contributed by atoms with Crippen LogP contribution in [0.5, 0.6) is 0 Å². The van der Waals surface area contributed by atoms with Crippen LogP contribution in [0.2, 0.25) is 0 Å². The van der Waals surface area contributed by atoms with Gasteiger partial charge in [0.05, 0.1) is 5.92 Å². The molecule has 1 aromatic carbocycles. The zero-order chi connectivity index (χ0) is 19.4. The fourth-order valence-electron chi connectivity index (χ4n) is 3.45. The van der Waals surface area contributed by atoms with Gasteiger partial charge in [-0.05, 0) is 43.4 Å². The highest BCUT2D eigenvalue weighted by molar-refractivity contribution is 5.75. The lowest BCUT2D eigenvalue weighted by molar-refractivity contribution is -0.142. The summed E-state index contributed by atoms with van der Waals surface area (Å²) in [5.74, 6) is -0.821. The number of nitrogens with zero attached hydrogens (tertiary/aromatic N) is 2. The molecule has 2 aromatic rings. The molecule has 3 rings (SSSR count). The zero-order valence-corrected chi connectivity index (χ0v) is 15.1. The van der Waals surface area contributed by atoms with Crippen molar-refractivity contribution in [3.05, 3.63) is 53.9 Å². The highest BCUT2D eigenvalue weighted by Crippen LogP contribution is 2.25. The second-order valence-electron chi connectivity index (χ2n) is 6.89. The summed E-state index contributed by atoms with van der Waals surface area (Å²) in [6.07, 6.45) is 5.79. The molecular weight excluding hydrogens is 351 g/mol. The molecule has 0 saturated heterocycles. The van der Waals surface area contributed by atoms with Gasteiger partial charge in [0.25, 0.3) is 0 Å². The molecule has 1 aliphatic carbocycles. The highest BCUT2D eigenvalue weighted by atomic mass is 19.1. The first-order valence-electron chi connectivity index (χ1n) is 8.96. The molecule has 1 atom stereocenters. The predicted octanol–water partition coefficient (Wildman–Crippen LogP) is 2.59. The molecular formula is C19H23FN4O3. The first-order valence-corrected chi connectivity index (χ1v) is 8.96. The number of carbonyl (C=O) groups is 2. The Kier molecular flexibility index (Phi) is 5.73. The number of imidazole rings is 1. The second kappa shape index (κ2) is 8.20. The van der Waals surface area contributed by atoms with E-state index in [-0.39, 0.29) is 23.8 Å². The number of halogens is 1. The number of carbonyl (C=O) groups excluding carboxylic acids is 1. The number of rotatable bonds is 5. The lowest BCUT2D eigenvalue weighted by Gasteiger charge is -2.28. The van der Waals surface area contributed by atoms with Crippen LogP contribution in [0.25, 0.3) is 0 Å². The van der Waals surface area contributed by atoms with Gasteiger partial charge in [0, 0.05) is 25.5 Å². The summed E-state index contributed by atoms with van der Waals surface area (Å²) in [5.41, 5.74) is 0.718. The maximum Gasteiger partial charge on any atom is 0.315 e. The fourth-order valence-corrected chi connectivity index (χ4v) is 3.45. The Morgan fingerprint density at radius 1 is 1.22 bits per heavy atom. The van der Waals surface area contributed by atoms with Gasteiger partial charge >= 0.3 is 12.0 Å². The SMILES string of the molecule is Cn1ccnc1C(NC(=O)NC1CCC(C(=O)O)CC1)c1ccc(F)cc1. The molecule has 1 aromatic heterocycles. The van der Waals surface area contributed by atoms with E-state index in [4.69, 9.17) is 5.11 Å². The molecule has 8 heteroatoms. The van der Waals surface area contributed by atoms with Gasteiger partial charge in [-0.1, -0.05) is 12.1 Å². The topological polar surface area (TPSA) is 96.3 Å². The summed E-state index contributed by atoms with van der Waals surface area (Å²) in [6, 6.07) is 4.98. The first-order chi connectivity index (χ1) is 12.9. The van der Waals surface area contributed by atoms with Gasteiger partial charge in [0.15, 0.2) is 0 Å². The van der Waals surface area contributed by atoms with Crippen molar-refractivity contribution in [3.63, 3.8) is 0 Å². The van der Waals surface area contributed by atoms with E-state index in [1.165, 1.54) is 12.1 Å². The van der Waals surface area contributed by atoms with Crippen molar-refractivity contribution in [1.29, 1.82) is 0 Å². The fraction of sp³-hybridized carbons (Fsp3) is 0.421. The Bertz CT molecular complexity index is 798. The Hall–Kier alpha value is -2.90. The van der Waals surface area contributed by atoms with E-state index in [9.17, 15) is 14.0 Å². The van der Waals surface area contributed by atoms with Crippen LogP contribution in [0.15, 0.2) is 36.7 Å². The van der Waals surface area contributed by atoms with Crippen LogP contribution in [0.3, 0.4) is 0 Å². The average Bonchev–Trinajstić information content (AvgIpc) is 3.07. The summed E-state index contributed by atoms with van der Waals surface area (Å²) in [4.78, 5) is 27.9. The van der Waals surface area contributed by atoms with Gasteiger partial charge in [-0.2, -0.15) is 0 Å². The summed E-state index contributed by atoms with van der Waals surface area (Å²) < 4.78 is 15.1. The van der Waals surface area contributed by atoms with Crippen molar-refractivity contribution >= 4 is 12.0 Å². The van der Waals surface area contributed by atoms with E-state index < -0.39 is 12.0 Å². The van der Waals surface area contributed by atoms with Gasteiger partial charge in [-0.15, -0.1) is 0 Å². The Balaban J connectivity index is 1.67. The van der Waals surface area contributed by atoms with Gasteiger partial charge in [-0.3, -0.25) is 4.79 Å². The minimum absolute atomic E-state index is 0.0594. The van der Waals surface area contributed by atoms with Crippen molar-refractivity contribution in [3.8, 4) is 0 Å². The van der Waals surface area contributed by atoms with Gasteiger partial charge in [0.2, 0.25) is 0 Å². The highest BCUT2D eigenvalue weighted by Gasteiger charge is 2.28. The molecule has 0 aliphatic heterocycles. The predicted molar refractivity (Wildman–Crippen MR) is 96.5 cm³/mol. The Labute approximate surface area is 156 Å². The summed E-state index contributed by atoms with van der Waals surface area (Å²) in [7, 11) is 1.83. The number of hydrogen-bond donors (Lipinski definition) is 3. The van der Waals surface area contributed by atoms with E-state index in [1.54, 1.807) is 29.1 Å². The third-order valence-electron chi connectivity index (χ3n) is 5.01. The normalized spacial score (nSPS) is 20.7. The minimum atomic E-state index is -0.774. The number of aliphatic carboxylic acids is 1. The van der Waals surface area contributed by atoms with Gasteiger partial charge in [0.1, 0.15) is 17.7 Å². The minimum Gasteiger partial charge on any atom is -0.481 e. The molecule has 7 nitrogen and oxygen atoms in total. The van der Waals surface area contributed by atoms with Crippen molar-refractivity contribution in [1.82, 2.24) is 20.2 Å². The van der Waals surface area contributed by atoms with Crippen LogP contribution in [0.1, 0.15) is 43.1 Å². The van der Waals surface area contributed by atoms with Crippen LogP contribution >= 0.6 is 0 Å². The van der Waals surface area contributed by atoms with Crippen LogP contribution in [-0.4, -0.2) is 32.7 Å². The number of aromatic nitrogens is 2. The maximum atomic E-state index is 13.3. The summed E-state index contributed by atoms with van der Waals surface area (Å²) >= 11 is 0. The van der Waals surface area contributed by atoms with E-state index in [0.717, 1.165) is 5.56 Å². The lowest BCUT2D eigenvalue weighted by atomic mass is 9.86. The van der Waals surface area contributed by atoms with E-state index >= 15 is 0 Å². The Morgan fingerprint density at radius 2 is 1.89 bits per heavy atom. The molecule has 1 heterocycles. The number of urea groups is 1. The number of hydrogen-bond acceptors (Lipinski definition) is 3. The molecule has 0 radical (unpaired) electrons. The summed E-state index contributed by atoms with van der Waals surface area (Å²) in [6.45, 7) is 0. The summed E-state index contributed by atoms with van der Waals surface area (Å²) in [5, 5.41) is 14.9. The molecule has 1 saturated carbocycles. The third kappa shape index (κ3) is 4.64. The van der Waals surface area contributed by atoms with E-state index in [0.29, 0.717) is 31.5 Å². The number of amides is 2. The molecule has 144 valence electrons. The van der Waals surface area contributed by atoms with Crippen molar-refractivity contribution in [2.45, 2.75) is 37.8 Å². The number of aryl methyl sites for hydroxylation is 1. The second-order valence-corrected chi connectivity index (χ2v) is 6.89. The first kappa shape index (κ1) is 18.9. The smallest absolute Gasteiger partial charge is 0.315 e. The molecule has 0 spiro atoms. The molecule has 2 amide bonds. The van der Waals surface area contributed by atoms with Crippen LogP contribution in [-0.2, 0) is 11.8 Å². The van der Waals surface area contributed by atoms with Gasteiger partial charge < -0.3 is 20.3 Å². The number of carboxylic acid groups (broad SMARTS) is 1. The Morgan fingerprint density at radius 3 is 2.44 bits per heavy atom.